The molecule has 3 rings (SSSR count). The molecule has 0 atom stereocenters. The van der Waals surface area contributed by atoms with Crippen molar-refractivity contribution in [1.29, 1.82) is 0 Å². The third-order valence-corrected chi connectivity index (χ3v) is 6.15. The van der Waals surface area contributed by atoms with Crippen LogP contribution in [0, 0.1) is 0 Å². The summed E-state index contributed by atoms with van der Waals surface area (Å²) in [5.74, 6) is 0.155. The number of hydrogen-bond donors (Lipinski definition) is 0. The van der Waals surface area contributed by atoms with Gasteiger partial charge in [-0.1, -0.05) is 18.2 Å². The molecule has 2 fully saturated rings. The molecule has 9 heteroatoms. The van der Waals surface area contributed by atoms with Crippen LogP contribution >= 0.6 is 0 Å². The SMILES string of the molecule is O=C1COC(=O)N1C1CCN(S(=O)(=O)CCOc2ccccc2)CC1. The molecule has 0 bridgehead atoms. The molecular formula is C16H20N2O6S. The van der Waals surface area contributed by atoms with Crippen LogP contribution in [0.2, 0.25) is 0 Å². The van der Waals surface area contributed by atoms with Gasteiger partial charge in [-0.15, -0.1) is 0 Å². The maximum absolute atomic E-state index is 12.4. The fraction of sp³-hybridized carbons (Fsp3) is 0.500. The molecule has 0 N–H and O–H groups in total. The summed E-state index contributed by atoms with van der Waals surface area (Å²) >= 11 is 0. The number of nitrogens with zero attached hydrogens (tertiary/aromatic N) is 2. The number of para-hydroxylation sites is 1. The van der Waals surface area contributed by atoms with Crippen molar-refractivity contribution in [3.05, 3.63) is 30.3 Å². The molecule has 0 saturated carbocycles. The summed E-state index contributed by atoms with van der Waals surface area (Å²) in [4.78, 5) is 24.4. The first-order chi connectivity index (χ1) is 12.0. The van der Waals surface area contributed by atoms with Crippen molar-refractivity contribution >= 4 is 22.0 Å². The van der Waals surface area contributed by atoms with Gasteiger partial charge in [-0.2, -0.15) is 0 Å². The lowest BCUT2D eigenvalue weighted by atomic mass is 10.1. The summed E-state index contributed by atoms with van der Waals surface area (Å²) in [7, 11) is -3.44. The maximum atomic E-state index is 12.4. The van der Waals surface area contributed by atoms with E-state index in [1.54, 1.807) is 12.1 Å². The zero-order valence-corrected chi connectivity index (χ0v) is 14.5. The smallest absolute Gasteiger partial charge is 0.417 e. The highest BCUT2D eigenvalue weighted by atomic mass is 32.2. The lowest BCUT2D eigenvalue weighted by Crippen LogP contribution is -2.49. The normalized spacial score (nSPS) is 19.9. The highest BCUT2D eigenvalue weighted by Gasteiger charge is 2.39. The van der Waals surface area contributed by atoms with E-state index in [0.29, 0.717) is 18.6 Å². The Morgan fingerprint density at radius 1 is 1.12 bits per heavy atom. The number of amides is 2. The Hall–Kier alpha value is -2.13. The number of carbonyl (C=O) groups is 2. The molecule has 25 heavy (non-hydrogen) atoms. The van der Waals surface area contributed by atoms with Gasteiger partial charge in [-0.3, -0.25) is 4.79 Å². The Balaban J connectivity index is 1.49. The molecule has 0 unspecified atom stereocenters. The molecule has 1 aromatic rings. The molecule has 0 spiro atoms. The second-order valence-electron chi connectivity index (χ2n) is 5.93. The molecule has 2 aliphatic heterocycles. The van der Waals surface area contributed by atoms with E-state index in [0.717, 1.165) is 4.90 Å². The van der Waals surface area contributed by atoms with Crippen LogP contribution in [-0.2, 0) is 19.6 Å². The minimum Gasteiger partial charge on any atom is -0.492 e. The molecule has 0 aromatic heterocycles. The van der Waals surface area contributed by atoms with Crippen molar-refractivity contribution in [3.63, 3.8) is 0 Å². The van der Waals surface area contributed by atoms with Gasteiger partial charge in [-0.25, -0.2) is 22.4 Å². The van der Waals surface area contributed by atoms with Gasteiger partial charge in [0.15, 0.2) is 6.61 Å². The first-order valence-corrected chi connectivity index (χ1v) is 9.73. The van der Waals surface area contributed by atoms with Gasteiger partial charge in [-0.05, 0) is 25.0 Å². The van der Waals surface area contributed by atoms with E-state index in [4.69, 9.17) is 9.47 Å². The van der Waals surface area contributed by atoms with Crippen LogP contribution in [-0.4, -0.2) is 67.7 Å². The molecular weight excluding hydrogens is 348 g/mol. The number of sulfonamides is 1. The second-order valence-corrected chi connectivity index (χ2v) is 8.01. The van der Waals surface area contributed by atoms with E-state index in [1.807, 2.05) is 18.2 Å². The molecule has 2 aliphatic rings. The Bertz CT molecular complexity index is 712. The largest absolute Gasteiger partial charge is 0.492 e. The monoisotopic (exact) mass is 368 g/mol. The quantitative estimate of drug-likeness (QED) is 0.739. The number of hydrogen-bond acceptors (Lipinski definition) is 6. The van der Waals surface area contributed by atoms with E-state index >= 15 is 0 Å². The van der Waals surface area contributed by atoms with Crippen LogP contribution in [0.4, 0.5) is 4.79 Å². The van der Waals surface area contributed by atoms with Crippen molar-refractivity contribution in [1.82, 2.24) is 9.21 Å². The molecule has 1 aromatic carbocycles. The van der Waals surface area contributed by atoms with Crippen molar-refractivity contribution in [2.45, 2.75) is 18.9 Å². The Labute approximate surface area is 146 Å². The minimum atomic E-state index is -3.44. The first-order valence-electron chi connectivity index (χ1n) is 8.12. The molecule has 2 saturated heterocycles. The fourth-order valence-corrected chi connectivity index (χ4v) is 4.33. The number of carbonyl (C=O) groups excluding carboxylic acids is 2. The standard InChI is InChI=1S/C16H20N2O6S/c19-15-12-24-16(20)18(15)13-6-8-17(9-7-13)25(21,22)11-10-23-14-4-2-1-3-5-14/h1-5,13H,6-12H2. The third-order valence-electron chi connectivity index (χ3n) is 4.32. The molecule has 136 valence electrons. The number of ether oxygens (including phenoxy) is 2. The number of cyclic esters (lactones) is 1. The van der Waals surface area contributed by atoms with E-state index in [1.165, 1.54) is 4.31 Å². The predicted molar refractivity (Wildman–Crippen MR) is 88.5 cm³/mol. The highest BCUT2D eigenvalue weighted by molar-refractivity contribution is 7.89. The van der Waals surface area contributed by atoms with Crippen LogP contribution in [0.3, 0.4) is 0 Å². The Morgan fingerprint density at radius 2 is 1.80 bits per heavy atom. The first kappa shape index (κ1) is 17.7. The Morgan fingerprint density at radius 3 is 2.40 bits per heavy atom. The van der Waals surface area contributed by atoms with Crippen molar-refractivity contribution in [2.75, 3.05) is 32.1 Å². The zero-order valence-electron chi connectivity index (χ0n) is 13.7. The van der Waals surface area contributed by atoms with E-state index in [9.17, 15) is 18.0 Å². The molecule has 2 amide bonds. The van der Waals surface area contributed by atoms with Crippen molar-refractivity contribution < 1.29 is 27.5 Å². The zero-order chi connectivity index (χ0) is 17.9. The number of rotatable bonds is 6. The van der Waals surface area contributed by atoms with Crippen molar-refractivity contribution in [2.24, 2.45) is 0 Å². The van der Waals surface area contributed by atoms with Gasteiger partial charge in [0.25, 0.3) is 5.91 Å². The molecule has 2 heterocycles. The van der Waals surface area contributed by atoms with Crippen LogP contribution in [0.15, 0.2) is 30.3 Å². The molecule has 8 nitrogen and oxygen atoms in total. The summed E-state index contributed by atoms with van der Waals surface area (Å²) in [5, 5.41) is 0. The van der Waals surface area contributed by atoms with Gasteiger partial charge < -0.3 is 9.47 Å². The van der Waals surface area contributed by atoms with Crippen LogP contribution in [0.5, 0.6) is 5.75 Å². The lowest BCUT2D eigenvalue weighted by molar-refractivity contribution is -0.127. The third kappa shape index (κ3) is 4.10. The summed E-state index contributed by atoms with van der Waals surface area (Å²) in [6.45, 7) is 0.391. The Kier molecular flexibility index (Phi) is 5.24. The van der Waals surface area contributed by atoms with E-state index in [2.05, 4.69) is 0 Å². The van der Waals surface area contributed by atoms with Gasteiger partial charge >= 0.3 is 6.09 Å². The second kappa shape index (κ2) is 7.40. The van der Waals surface area contributed by atoms with Crippen molar-refractivity contribution in [3.8, 4) is 5.75 Å². The van der Waals surface area contributed by atoms with E-state index < -0.39 is 16.1 Å². The van der Waals surface area contributed by atoms with Crippen LogP contribution < -0.4 is 4.74 Å². The number of benzene rings is 1. The fourth-order valence-electron chi connectivity index (χ4n) is 3.01. The summed E-state index contributed by atoms with van der Waals surface area (Å²) < 4.78 is 36.4. The summed E-state index contributed by atoms with van der Waals surface area (Å²) in [6, 6.07) is 8.73. The van der Waals surface area contributed by atoms with Crippen LogP contribution in [0.25, 0.3) is 0 Å². The van der Waals surface area contributed by atoms with Gasteiger partial charge in [0.05, 0.1) is 5.75 Å². The maximum Gasteiger partial charge on any atom is 0.417 e. The predicted octanol–water partition coefficient (Wildman–Crippen LogP) is 0.838. The average Bonchev–Trinajstić information content (AvgIpc) is 2.94. The number of imide groups is 1. The van der Waals surface area contributed by atoms with Gasteiger partial charge in [0.1, 0.15) is 12.4 Å². The topological polar surface area (TPSA) is 93.2 Å². The minimum absolute atomic E-state index is 0.0726. The number of piperidine rings is 1. The highest BCUT2D eigenvalue weighted by Crippen LogP contribution is 2.22. The van der Waals surface area contributed by atoms with Crippen LogP contribution in [0.1, 0.15) is 12.8 Å². The average molecular weight is 368 g/mol. The van der Waals surface area contributed by atoms with E-state index in [-0.39, 0.29) is 44.0 Å². The molecule has 0 radical (unpaired) electrons. The molecule has 0 aliphatic carbocycles. The summed E-state index contributed by atoms with van der Waals surface area (Å²) in [5.41, 5.74) is 0. The lowest BCUT2D eigenvalue weighted by Gasteiger charge is -2.33. The summed E-state index contributed by atoms with van der Waals surface area (Å²) in [6.07, 6.45) is 0.196. The van der Waals surface area contributed by atoms with Gasteiger partial charge in [0, 0.05) is 19.1 Å². The van der Waals surface area contributed by atoms with Gasteiger partial charge in [0.2, 0.25) is 10.0 Å².